The second-order valence-electron chi connectivity index (χ2n) is 7.98. The fourth-order valence-corrected chi connectivity index (χ4v) is 4.61. The summed E-state index contributed by atoms with van der Waals surface area (Å²) < 4.78 is 21.0. The lowest BCUT2D eigenvalue weighted by molar-refractivity contribution is -0.686. The Morgan fingerprint density at radius 1 is 1.16 bits per heavy atom. The monoisotopic (exact) mass is 416 g/mol. The molecule has 4 aromatic rings. The van der Waals surface area contributed by atoms with Crippen molar-refractivity contribution < 1.29 is 23.9 Å². The predicted octanol–water partition coefficient (Wildman–Crippen LogP) is 3.35. The van der Waals surface area contributed by atoms with Crippen LogP contribution in [0.4, 0.5) is 0 Å². The van der Waals surface area contributed by atoms with Crippen LogP contribution in [-0.2, 0) is 19.5 Å². The minimum atomic E-state index is 0.162. The number of methoxy groups -OCH3 is 1. The molecule has 31 heavy (non-hydrogen) atoms. The first-order valence-electron chi connectivity index (χ1n) is 10.3. The molecule has 0 unspecified atom stereocenters. The van der Waals surface area contributed by atoms with Crippen molar-refractivity contribution in [1.29, 1.82) is 0 Å². The molecule has 0 aliphatic carbocycles. The molecular formula is C24H22N3O4+. The van der Waals surface area contributed by atoms with E-state index in [0.29, 0.717) is 12.3 Å². The van der Waals surface area contributed by atoms with E-state index in [-0.39, 0.29) is 12.5 Å². The molecule has 0 fully saturated rings. The van der Waals surface area contributed by atoms with Crippen molar-refractivity contribution in [3.63, 3.8) is 0 Å². The number of phenols is 1. The number of rotatable bonds is 3. The highest BCUT2D eigenvalue weighted by Gasteiger charge is 2.29. The second kappa shape index (κ2) is 6.63. The van der Waals surface area contributed by atoms with E-state index >= 15 is 0 Å². The van der Waals surface area contributed by atoms with Crippen LogP contribution >= 0.6 is 0 Å². The van der Waals surface area contributed by atoms with E-state index in [9.17, 15) is 5.11 Å². The van der Waals surface area contributed by atoms with Crippen LogP contribution in [0.15, 0.2) is 42.9 Å². The Morgan fingerprint density at radius 3 is 2.77 bits per heavy atom. The van der Waals surface area contributed by atoms with Gasteiger partial charge in [0.15, 0.2) is 35.7 Å². The van der Waals surface area contributed by atoms with Gasteiger partial charge in [-0.25, -0.2) is 4.98 Å². The summed E-state index contributed by atoms with van der Waals surface area (Å²) in [7, 11) is 1.58. The largest absolute Gasteiger partial charge is 0.504 e. The van der Waals surface area contributed by atoms with E-state index in [1.165, 1.54) is 5.56 Å². The molecule has 2 aromatic carbocycles. The third-order valence-corrected chi connectivity index (χ3v) is 6.29. The molecule has 2 aliphatic heterocycles. The summed E-state index contributed by atoms with van der Waals surface area (Å²) >= 11 is 0. The number of hydrogen-bond donors (Lipinski definition) is 1. The Kier molecular flexibility index (Phi) is 3.86. The van der Waals surface area contributed by atoms with Crippen molar-refractivity contribution in [2.24, 2.45) is 0 Å². The van der Waals surface area contributed by atoms with Gasteiger partial charge in [0, 0.05) is 36.8 Å². The minimum absolute atomic E-state index is 0.162. The fourth-order valence-electron chi connectivity index (χ4n) is 4.61. The van der Waals surface area contributed by atoms with Gasteiger partial charge in [0.25, 0.3) is 0 Å². The smallest absolute Gasteiger partial charge is 0.231 e. The lowest BCUT2D eigenvalue weighted by atomic mass is 9.94. The molecular weight excluding hydrogens is 394 g/mol. The Balaban J connectivity index is 1.59. The van der Waals surface area contributed by atoms with Crippen LogP contribution in [-0.4, -0.2) is 28.6 Å². The van der Waals surface area contributed by atoms with Gasteiger partial charge in [0.05, 0.1) is 18.1 Å². The van der Waals surface area contributed by atoms with E-state index < -0.39 is 0 Å². The molecule has 7 heteroatoms. The summed E-state index contributed by atoms with van der Waals surface area (Å²) in [6, 6.07) is 8.23. The van der Waals surface area contributed by atoms with Crippen molar-refractivity contribution in [1.82, 2.24) is 9.55 Å². The number of imidazole rings is 1. The molecule has 7 nitrogen and oxygen atoms in total. The fraction of sp³-hybridized carbons (Fsp3) is 0.250. The zero-order valence-electron chi connectivity index (χ0n) is 17.4. The standard InChI is InChI=1S/C24H21N3O4/c1-14-25-4-6-26(14)11-16-8-23(29-2)24(28)19-12-27-5-3-15-7-21-22(31-13-30-21)10-18(15)20(27)9-17(16)19/h4,6-10,12H,3,5,11,13H2,1-2H3/p+1. The van der Waals surface area contributed by atoms with Crippen molar-refractivity contribution in [3.8, 4) is 34.3 Å². The highest BCUT2D eigenvalue weighted by atomic mass is 16.7. The predicted molar refractivity (Wildman–Crippen MR) is 114 cm³/mol. The van der Waals surface area contributed by atoms with Gasteiger partial charge in [-0.15, -0.1) is 0 Å². The molecule has 4 heterocycles. The number of ether oxygens (including phenoxy) is 3. The maximum absolute atomic E-state index is 10.9. The van der Waals surface area contributed by atoms with E-state index in [0.717, 1.165) is 57.9 Å². The third-order valence-electron chi connectivity index (χ3n) is 6.29. The van der Waals surface area contributed by atoms with E-state index in [1.54, 1.807) is 13.3 Å². The lowest BCUT2D eigenvalue weighted by Gasteiger charge is -2.18. The van der Waals surface area contributed by atoms with Gasteiger partial charge in [-0.3, -0.25) is 0 Å². The molecule has 0 bridgehead atoms. The average Bonchev–Trinajstić information content (AvgIpc) is 3.41. The molecule has 2 aliphatic rings. The van der Waals surface area contributed by atoms with E-state index in [4.69, 9.17) is 14.2 Å². The second-order valence-corrected chi connectivity index (χ2v) is 7.98. The van der Waals surface area contributed by atoms with Crippen LogP contribution in [0, 0.1) is 6.92 Å². The number of aromatic hydroxyl groups is 1. The van der Waals surface area contributed by atoms with Crippen LogP contribution in [0.1, 0.15) is 17.0 Å². The summed E-state index contributed by atoms with van der Waals surface area (Å²) in [5, 5.41) is 12.7. The molecule has 0 amide bonds. The van der Waals surface area contributed by atoms with Crippen molar-refractivity contribution in [3.05, 3.63) is 59.8 Å². The van der Waals surface area contributed by atoms with Crippen LogP contribution in [0.25, 0.3) is 22.0 Å². The first-order valence-corrected chi connectivity index (χ1v) is 10.3. The number of aromatic nitrogens is 3. The Morgan fingerprint density at radius 2 is 2.00 bits per heavy atom. The summed E-state index contributed by atoms with van der Waals surface area (Å²) in [6.45, 7) is 3.70. The zero-order chi connectivity index (χ0) is 21.1. The first-order chi connectivity index (χ1) is 15.1. The summed E-state index contributed by atoms with van der Waals surface area (Å²) in [6.07, 6.45) is 6.68. The quantitative estimate of drug-likeness (QED) is 0.519. The number of pyridine rings is 1. The number of benzene rings is 2. The molecule has 0 radical (unpaired) electrons. The minimum Gasteiger partial charge on any atom is -0.504 e. The first kappa shape index (κ1) is 18.1. The normalized spacial score (nSPS) is 13.9. The number of hydrogen-bond acceptors (Lipinski definition) is 5. The van der Waals surface area contributed by atoms with Gasteiger partial charge in [0.1, 0.15) is 5.82 Å². The number of fused-ring (bicyclic) bond motifs is 5. The maximum Gasteiger partial charge on any atom is 0.231 e. The maximum atomic E-state index is 10.9. The Hall–Kier alpha value is -3.74. The lowest BCUT2D eigenvalue weighted by Crippen LogP contribution is -2.40. The number of aryl methyl sites for hydroxylation is 3. The zero-order valence-corrected chi connectivity index (χ0v) is 17.4. The van der Waals surface area contributed by atoms with E-state index in [1.807, 2.05) is 25.4 Å². The summed E-state index contributed by atoms with van der Waals surface area (Å²) in [5.74, 6) is 3.16. The molecule has 2 aromatic heterocycles. The molecule has 1 N–H and O–H groups in total. The summed E-state index contributed by atoms with van der Waals surface area (Å²) in [5.41, 5.74) is 4.54. The van der Waals surface area contributed by atoms with Crippen LogP contribution in [0.5, 0.6) is 23.0 Å². The molecule has 0 saturated carbocycles. The van der Waals surface area contributed by atoms with Gasteiger partial charge in [-0.2, -0.15) is 4.57 Å². The van der Waals surface area contributed by atoms with Gasteiger partial charge < -0.3 is 23.9 Å². The van der Waals surface area contributed by atoms with Crippen LogP contribution in [0.3, 0.4) is 0 Å². The topological polar surface area (TPSA) is 69.6 Å². The molecule has 6 rings (SSSR count). The van der Waals surface area contributed by atoms with Gasteiger partial charge in [0.2, 0.25) is 12.5 Å². The average molecular weight is 416 g/mol. The highest BCUT2D eigenvalue weighted by molar-refractivity contribution is 5.94. The Labute approximate surface area is 179 Å². The number of nitrogens with zero attached hydrogens (tertiary/aromatic N) is 3. The van der Waals surface area contributed by atoms with Gasteiger partial charge >= 0.3 is 0 Å². The van der Waals surface area contributed by atoms with Crippen molar-refractivity contribution in [2.45, 2.75) is 26.4 Å². The summed E-state index contributed by atoms with van der Waals surface area (Å²) in [4.78, 5) is 4.34. The highest BCUT2D eigenvalue weighted by Crippen LogP contribution is 2.42. The molecule has 156 valence electrons. The molecule has 0 saturated heterocycles. The van der Waals surface area contributed by atoms with Gasteiger partial charge in [-0.05, 0) is 36.2 Å². The van der Waals surface area contributed by atoms with Crippen LogP contribution < -0.4 is 18.8 Å². The molecule has 0 atom stereocenters. The van der Waals surface area contributed by atoms with E-state index in [2.05, 4.69) is 32.3 Å². The molecule has 0 spiro atoms. The SMILES string of the molecule is COc1cc(Cn2ccnc2C)c2cc3[n+](cc2c1O)CCc1cc2c(cc1-3)OCO2. The van der Waals surface area contributed by atoms with Crippen LogP contribution in [0.2, 0.25) is 0 Å². The van der Waals surface area contributed by atoms with Crippen molar-refractivity contribution in [2.75, 3.05) is 13.9 Å². The Bertz CT molecular complexity index is 1360. The van der Waals surface area contributed by atoms with Gasteiger partial charge in [-0.1, -0.05) is 0 Å². The number of phenolic OH excluding ortho intramolecular Hbond substituents is 1. The van der Waals surface area contributed by atoms with Crippen molar-refractivity contribution >= 4 is 10.8 Å². The third kappa shape index (κ3) is 2.73.